The second kappa shape index (κ2) is 12.7. The molecule has 1 fully saturated rings. The van der Waals surface area contributed by atoms with Gasteiger partial charge in [0, 0.05) is 62.5 Å². The van der Waals surface area contributed by atoms with Crippen molar-refractivity contribution in [3.05, 3.63) is 55.7 Å². The van der Waals surface area contributed by atoms with Gasteiger partial charge in [0.2, 0.25) is 5.91 Å². The molecular formula is C23H32ClN5O5. The number of halogens is 1. The number of anilines is 2. The maximum absolute atomic E-state index is 12.5. The predicted octanol–water partition coefficient (Wildman–Crippen LogP) is 1.18. The average Bonchev–Trinajstić information content (AvgIpc) is 2.81. The molecule has 0 spiro atoms. The monoisotopic (exact) mass is 493 g/mol. The lowest BCUT2D eigenvalue weighted by atomic mass is 10.2. The zero-order valence-electron chi connectivity index (χ0n) is 19.4. The Morgan fingerprint density at radius 2 is 1.91 bits per heavy atom. The van der Waals surface area contributed by atoms with Gasteiger partial charge in [-0.2, -0.15) is 0 Å². The summed E-state index contributed by atoms with van der Waals surface area (Å²) in [5, 5.41) is 12.3. The lowest BCUT2D eigenvalue weighted by Gasteiger charge is -2.34. The minimum Gasteiger partial charge on any atom is -0.394 e. The minimum atomic E-state index is -0.530. The summed E-state index contributed by atoms with van der Waals surface area (Å²) in [6.45, 7) is 6.57. The zero-order valence-corrected chi connectivity index (χ0v) is 20.1. The van der Waals surface area contributed by atoms with E-state index in [1.807, 2.05) is 24.0 Å². The number of hydrogen-bond acceptors (Lipinski definition) is 7. The van der Waals surface area contributed by atoms with E-state index in [4.69, 9.17) is 21.4 Å². The maximum atomic E-state index is 12.5. The van der Waals surface area contributed by atoms with Gasteiger partial charge in [-0.05, 0) is 31.0 Å². The van der Waals surface area contributed by atoms with Crippen LogP contribution in [-0.4, -0.2) is 82.9 Å². The number of aliphatic hydroxyl groups excluding tert-OH is 1. The van der Waals surface area contributed by atoms with Crippen molar-refractivity contribution in [1.29, 1.82) is 0 Å². The molecule has 1 aliphatic rings. The molecule has 0 unspecified atom stereocenters. The molecule has 34 heavy (non-hydrogen) atoms. The van der Waals surface area contributed by atoms with E-state index >= 15 is 0 Å². The van der Waals surface area contributed by atoms with Gasteiger partial charge in [0.05, 0.1) is 19.8 Å². The second-order valence-corrected chi connectivity index (χ2v) is 8.64. The van der Waals surface area contributed by atoms with Crippen LogP contribution in [0.4, 0.5) is 11.5 Å². The molecule has 2 heterocycles. The maximum Gasteiger partial charge on any atom is 0.329 e. The Bertz CT molecular complexity index is 1050. The Morgan fingerprint density at radius 1 is 1.15 bits per heavy atom. The number of nitrogens with zero attached hydrogens (tertiary/aromatic N) is 3. The van der Waals surface area contributed by atoms with Gasteiger partial charge in [0.1, 0.15) is 5.82 Å². The summed E-state index contributed by atoms with van der Waals surface area (Å²) < 4.78 is 6.38. The van der Waals surface area contributed by atoms with Crippen LogP contribution in [-0.2, 0) is 16.1 Å². The molecule has 1 aliphatic heterocycles. The first-order chi connectivity index (χ1) is 16.4. The Morgan fingerprint density at radius 3 is 2.59 bits per heavy atom. The highest BCUT2D eigenvalue weighted by atomic mass is 35.5. The first kappa shape index (κ1) is 26.0. The molecule has 1 aromatic heterocycles. The Hall–Kier alpha value is -2.66. The number of aryl methyl sites for hydroxylation is 1. The zero-order chi connectivity index (χ0) is 24.5. The number of aliphatic hydroxyl groups is 1. The molecule has 0 bridgehead atoms. The first-order valence-corrected chi connectivity index (χ1v) is 11.8. The summed E-state index contributed by atoms with van der Waals surface area (Å²) in [6, 6.07) is 6.69. The minimum absolute atomic E-state index is 0.0179. The summed E-state index contributed by atoms with van der Waals surface area (Å²) in [5.41, 5.74) is 0.620. The summed E-state index contributed by atoms with van der Waals surface area (Å²) in [4.78, 5) is 44.1. The summed E-state index contributed by atoms with van der Waals surface area (Å²) in [5.74, 6) is 0.303. The molecule has 1 amide bonds. The Labute approximate surface area is 203 Å². The topological polar surface area (TPSA) is 120 Å². The van der Waals surface area contributed by atoms with Crippen molar-refractivity contribution < 1.29 is 14.6 Å². The number of hydrogen-bond donors (Lipinski definition) is 3. The van der Waals surface area contributed by atoms with E-state index in [0.29, 0.717) is 43.4 Å². The van der Waals surface area contributed by atoms with Gasteiger partial charge in [-0.25, -0.2) is 4.79 Å². The van der Waals surface area contributed by atoms with Crippen molar-refractivity contribution in [2.24, 2.45) is 0 Å². The second-order valence-electron chi connectivity index (χ2n) is 8.23. The third kappa shape index (κ3) is 7.42. The van der Waals surface area contributed by atoms with Crippen LogP contribution in [0.5, 0.6) is 0 Å². The van der Waals surface area contributed by atoms with Crippen molar-refractivity contribution in [3.8, 4) is 0 Å². The first-order valence-electron chi connectivity index (χ1n) is 11.4. The van der Waals surface area contributed by atoms with Crippen LogP contribution < -0.4 is 16.6 Å². The van der Waals surface area contributed by atoms with E-state index in [0.717, 1.165) is 29.8 Å². The number of carbonyl (C=O) groups is 1. The molecule has 186 valence electrons. The average molecular weight is 494 g/mol. The Kier molecular flexibility index (Phi) is 9.70. The van der Waals surface area contributed by atoms with Crippen LogP contribution in [0, 0.1) is 6.92 Å². The number of H-pyrrole nitrogens is 1. The highest BCUT2D eigenvalue weighted by Crippen LogP contribution is 2.21. The van der Waals surface area contributed by atoms with E-state index in [2.05, 4.69) is 15.2 Å². The number of carbonyl (C=O) groups excluding carboxylic acids is 1. The quantitative estimate of drug-likeness (QED) is 0.402. The van der Waals surface area contributed by atoms with Gasteiger partial charge in [-0.1, -0.05) is 17.7 Å². The van der Waals surface area contributed by atoms with Crippen LogP contribution in [0.3, 0.4) is 0 Å². The number of aromatic nitrogens is 2. The molecule has 0 saturated carbocycles. The number of amides is 1. The Balaban J connectivity index is 1.45. The molecule has 10 nitrogen and oxygen atoms in total. The van der Waals surface area contributed by atoms with Crippen LogP contribution >= 0.6 is 11.6 Å². The van der Waals surface area contributed by atoms with Gasteiger partial charge in [-0.3, -0.25) is 24.0 Å². The van der Waals surface area contributed by atoms with Crippen molar-refractivity contribution >= 4 is 29.0 Å². The van der Waals surface area contributed by atoms with Crippen molar-refractivity contribution in [3.63, 3.8) is 0 Å². The van der Waals surface area contributed by atoms with Gasteiger partial charge >= 0.3 is 5.69 Å². The smallest absolute Gasteiger partial charge is 0.329 e. The van der Waals surface area contributed by atoms with Gasteiger partial charge in [-0.15, -0.1) is 0 Å². The van der Waals surface area contributed by atoms with Gasteiger partial charge in [0.15, 0.2) is 0 Å². The SMILES string of the molecule is Cc1ccc(Nc2cc(=O)n(CCCC(=O)N3CCN(CCOCCO)CC3)c(=O)[nH]2)cc1Cl. The number of ether oxygens (including phenoxy) is 1. The van der Waals surface area contributed by atoms with Crippen LogP contribution in [0.2, 0.25) is 5.02 Å². The van der Waals surface area contributed by atoms with Crippen LogP contribution in [0.25, 0.3) is 0 Å². The van der Waals surface area contributed by atoms with E-state index in [9.17, 15) is 14.4 Å². The molecule has 1 aromatic carbocycles. The van der Waals surface area contributed by atoms with Gasteiger partial charge in [0.25, 0.3) is 5.56 Å². The number of benzene rings is 1. The molecule has 3 N–H and O–H groups in total. The normalized spacial score (nSPS) is 14.4. The fourth-order valence-corrected chi connectivity index (χ4v) is 3.93. The molecule has 3 rings (SSSR count). The molecule has 11 heteroatoms. The number of rotatable bonds is 11. The number of piperazine rings is 1. The largest absolute Gasteiger partial charge is 0.394 e. The number of nitrogens with one attached hydrogen (secondary N) is 2. The molecule has 0 radical (unpaired) electrons. The molecular weight excluding hydrogens is 462 g/mol. The lowest BCUT2D eigenvalue weighted by Crippen LogP contribution is -2.49. The fourth-order valence-electron chi connectivity index (χ4n) is 3.75. The molecule has 0 aliphatic carbocycles. The molecule has 2 aromatic rings. The number of aromatic amines is 1. The lowest BCUT2D eigenvalue weighted by molar-refractivity contribution is -0.133. The molecule has 0 atom stereocenters. The van der Waals surface area contributed by atoms with Crippen molar-refractivity contribution in [2.45, 2.75) is 26.3 Å². The van der Waals surface area contributed by atoms with Crippen molar-refractivity contribution in [2.75, 3.05) is 57.9 Å². The highest BCUT2D eigenvalue weighted by Gasteiger charge is 2.20. The van der Waals surface area contributed by atoms with E-state index in [-0.39, 0.29) is 31.3 Å². The highest BCUT2D eigenvalue weighted by molar-refractivity contribution is 6.31. The van der Waals surface area contributed by atoms with E-state index in [1.165, 1.54) is 6.07 Å². The summed E-state index contributed by atoms with van der Waals surface area (Å²) in [6.07, 6.45) is 0.671. The third-order valence-corrected chi connectivity index (χ3v) is 6.16. The van der Waals surface area contributed by atoms with E-state index < -0.39 is 11.2 Å². The standard InChI is InChI=1S/C23H32ClN5O5/c1-17-4-5-18(15-19(17)24)25-20-16-22(32)29(23(33)26-20)6-2-3-21(31)28-9-7-27(8-10-28)11-13-34-14-12-30/h4-5,15-16,25,30H,2-3,6-14H2,1H3,(H,26,33). The predicted molar refractivity (Wildman–Crippen MR) is 131 cm³/mol. The molecule has 1 saturated heterocycles. The summed E-state index contributed by atoms with van der Waals surface area (Å²) in [7, 11) is 0. The summed E-state index contributed by atoms with van der Waals surface area (Å²) >= 11 is 6.12. The van der Waals surface area contributed by atoms with Crippen LogP contribution in [0.1, 0.15) is 18.4 Å². The van der Waals surface area contributed by atoms with Crippen LogP contribution in [0.15, 0.2) is 33.9 Å². The van der Waals surface area contributed by atoms with E-state index in [1.54, 1.807) is 6.07 Å². The third-order valence-electron chi connectivity index (χ3n) is 5.76. The fraction of sp³-hybridized carbons (Fsp3) is 0.522. The van der Waals surface area contributed by atoms with Gasteiger partial charge < -0.3 is 20.1 Å². The van der Waals surface area contributed by atoms with Crippen molar-refractivity contribution in [1.82, 2.24) is 19.4 Å².